The summed E-state index contributed by atoms with van der Waals surface area (Å²) in [5, 5.41) is 9.88. The van der Waals surface area contributed by atoms with E-state index in [1.54, 1.807) is 12.1 Å². The average molecular weight is 490 g/mol. The lowest BCUT2D eigenvalue weighted by Crippen LogP contribution is -2.34. The van der Waals surface area contributed by atoms with Gasteiger partial charge in [0.1, 0.15) is 6.07 Å². The Bertz CT molecular complexity index is 922. The van der Waals surface area contributed by atoms with Crippen molar-refractivity contribution >= 4 is 29.1 Å². The third-order valence-corrected chi connectivity index (χ3v) is 7.03. The van der Waals surface area contributed by atoms with Crippen molar-refractivity contribution in [1.82, 2.24) is 4.90 Å². The molecule has 0 saturated carbocycles. The lowest BCUT2D eigenvalue weighted by Gasteiger charge is -2.24. The van der Waals surface area contributed by atoms with E-state index < -0.39 is 0 Å². The Morgan fingerprint density at radius 2 is 1.73 bits per heavy atom. The first-order valence-corrected chi connectivity index (χ1v) is 12.6. The maximum absolute atomic E-state index is 11.7. The topological polar surface area (TPSA) is 44.1 Å². The zero-order valence-electron chi connectivity index (χ0n) is 20.9. The van der Waals surface area contributed by atoms with Gasteiger partial charge in [0.05, 0.1) is 10.6 Å². The van der Waals surface area contributed by atoms with Crippen LogP contribution in [0.4, 0.5) is 0 Å². The van der Waals surface area contributed by atoms with Crippen molar-refractivity contribution in [3.05, 3.63) is 69.2 Å². The summed E-state index contributed by atoms with van der Waals surface area (Å²) in [6.07, 6.45) is 4.05. The molecule has 180 valence electrons. The number of halogens is 2. The Hall–Kier alpha value is -2.02. The third-order valence-electron chi connectivity index (χ3n) is 6.34. The molecule has 3 nitrogen and oxygen atoms in total. The first-order chi connectivity index (χ1) is 15.7. The van der Waals surface area contributed by atoms with Crippen LogP contribution in [0, 0.1) is 30.1 Å². The first kappa shape index (κ1) is 29.0. The number of hydrogen-bond donors (Lipinski definition) is 0. The summed E-state index contributed by atoms with van der Waals surface area (Å²) >= 11 is 11.5. The number of carbonyl (C=O) groups excluding carboxylic acids is 1. The van der Waals surface area contributed by atoms with Crippen molar-refractivity contribution in [3.8, 4) is 6.07 Å². The van der Waals surface area contributed by atoms with Gasteiger partial charge in [0.2, 0.25) is 5.91 Å². The van der Waals surface area contributed by atoms with Gasteiger partial charge in [0.15, 0.2) is 0 Å². The fraction of sp³-hybridized carbons (Fsp3) is 0.500. The molecular weight excluding hydrogens is 451 g/mol. The fourth-order valence-corrected chi connectivity index (χ4v) is 4.16. The number of hydrogen-bond acceptors (Lipinski definition) is 2. The minimum absolute atomic E-state index is 0.365. The summed E-state index contributed by atoms with van der Waals surface area (Å²) in [5.74, 6) is 1.65. The summed E-state index contributed by atoms with van der Waals surface area (Å²) in [6.45, 7) is 13.8. The fourth-order valence-electron chi connectivity index (χ4n) is 3.62. The molecule has 3 unspecified atom stereocenters. The number of nitrogens with zero attached hydrogens (tertiary/aromatic N) is 2. The van der Waals surface area contributed by atoms with E-state index in [1.807, 2.05) is 43.3 Å². The molecule has 1 fully saturated rings. The highest BCUT2D eigenvalue weighted by atomic mass is 35.5. The largest absolute Gasteiger partial charge is 0.340 e. The van der Waals surface area contributed by atoms with Gasteiger partial charge in [-0.2, -0.15) is 5.26 Å². The number of aryl methyl sites for hydroxylation is 2. The summed E-state index contributed by atoms with van der Waals surface area (Å²) in [6, 6.07) is 15.7. The Morgan fingerprint density at radius 1 is 1.06 bits per heavy atom. The highest BCUT2D eigenvalue weighted by molar-refractivity contribution is 6.31. The molecule has 1 aliphatic rings. The number of benzene rings is 2. The lowest BCUT2D eigenvalue weighted by atomic mass is 9.91. The minimum Gasteiger partial charge on any atom is -0.340 e. The van der Waals surface area contributed by atoms with E-state index in [0.717, 1.165) is 36.4 Å². The Labute approximate surface area is 210 Å². The minimum atomic E-state index is 0.365. The number of likely N-dealkylation sites (tertiary alicyclic amines) is 1. The number of carbonyl (C=O) groups is 1. The van der Waals surface area contributed by atoms with Crippen molar-refractivity contribution < 1.29 is 4.79 Å². The highest BCUT2D eigenvalue weighted by Gasteiger charge is 2.34. The highest BCUT2D eigenvalue weighted by Crippen LogP contribution is 2.28. The van der Waals surface area contributed by atoms with Crippen LogP contribution in [-0.4, -0.2) is 23.4 Å². The van der Waals surface area contributed by atoms with Gasteiger partial charge >= 0.3 is 0 Å². The predicted octanol–water partition coefficient (Wildman–Crippen LogP) is 8.10. The van der Waals surface area contributed by atoms with Gasteiger partial charge in [-0.15, -0.1) is 0 Å². The number of rotatable bonds is 5. The van der Waals surface area contributed by atoms with Crippen molar-refractivity contribution in [1.29, 1.82) is 5.26 Å². The van der Waals surface area contributed by atoms with Crippen LogP contribution >= 0.6 is 23.2 Å². The molecule has 2 aromatic rings. The van der Waals surface area contributed by atoms with E-state index in [0.29, 0.717) is 34.4 Å². The van der Waals surface area contributed by atoms with Gasteiger partial charge in [-0.3, -0.25) is 4.79 Å². The summed E-state index contributed by atoms with van der Waals surface area (Å²) in [7, 11) is 0. The maximum atomic E-state index is 11.7. The van der Waals surface area contributed by atoms with Crippen LogP contribution in [0.25, 0.3) is 0 Å². The van der Waals surface area contributed by atoms with E-state index in [1.165, 1.54) is 12.0 Å². The van der Waals surface area contributed by atoms with Crippen LogP contribution in [0.5, 0.6) is 0 Å². The molecule has 1 heterocycles. The summed E-state index contributed by atoms with van der Waals surface area (Å²) in [5.41, 5.74) is 2.83. The monoisotopic (exact) mass is 488 g/mol. The Balaban J connectivity index is 0.000000255. The number of nitriles is 1. The molecule has 3 atom stereocenters. The molecule has 0 bridgehead atoms. The Kier molecular flexibility index (Phi) is 13.2. The molecule has 0 aliphatic carbocycles. The average Bonchev–Trinajstić information content (AvgIpc) is 3.21. The molecule has 2 aromatic carbocycles. The van der Waals surface area contributed by atoms with Gasteiger partial charge < -0.3 is 4.90 Å². The van der Waals surface area contributed by atoms with Crippen LogP contribution in [0.15, 0.2) is 42.5 Å². The first-order valence-electron chi connectivity index (χ1n) is 11.9. The van der Waals surface area contributed by atoms with Crippen LogP contribution in [0.1, 0.15) is 70.6 Å². The normalized spacial score (nSPS) is 16.6. The molecule has 3 rings (SSSR count). The van der Waals surface area contributed by atoms with Crippen molar-refractivity contribution in [2.24, 2.45) is 11.8 Å². The second-order valence-electron chi connectivity index (χ2n) is 8.69. The maximum Gasteiger partial charge on any atom is 0.223 e. The van der Waals surface area contributed by atoms with E-state index in [2.05, 4.69) is 39.5 Å². The van der Waals surface area contributed by atoms with Crippen LogP contribution < -0.4 is 0 Å². The van der Waals surface area contributed by atoms with E-state index >= 15 is 0 Å². The van der Waals surface area contributed by atoms with Crippen LogP contribution in [-0.2, 0) is 11.2 Å². The molecule has 0 radical (unpaired) electrons. The van der Waals surface area contributed by atoms with Gasteiger partial charge in [0, 0.05) is 24.0 Å². The molecule has 1 aliphatic heterocycles. The van der Waals surface area contributed by atoms with E-state index in [-0.39, 0.29) is 0 Å². The SMILES string of the molecule is CCC(C)C1CC(=O)N(C(C)CC)C1.CCc1ccccc1Cl.Cc1ccc(C#N)c(Cl)c1. The lowest BCUT2D eigenvalue weighted by molar-refractivity contribution is -0.129. The Morgan fingerprint density at radius 3 is 2.21 bits per heavy atom. The summed E-state index contributed by atoms with van der Waals surface area (Å²) in [4.78, 5) is 13.8. The molecular formula is C28H38Cl2N2O. The second-order valence-corrected chi connectivity index (χ2v) is 9.51. The van der Waals surface area contributed by atoms with Crippen molar-refractivity contribution in [3.63, 3.8) is 0 Å². The van der Waals surface area contributed by atoms with Gasteiger partial charge in [0.25, 0.3) is 0 Å². The second kappa shape index (κ2) is 15.0. The standard InChI is InChI=1S/C12H23NO.C8H6ClN.C8H9Cl/c1-5-9(3)11-7-12(14)13(8-11)10(4)6-2;1-6-2-3-7(5-10)8(9)4-6;1-2-7-5-3-4-6-8(7)9/h9-11H,5-8H2,1-4H3;2-4H,1H3;3-6H,2H2,1H3. The summed E-state index contributed by atoms with van der Waals surface area (Å²) < 4.78 is 0. The van der Waals surface area contributed by atoms with Crippen LogP contribution in [0.3, 0.4) is 0 Å². The van der Waals surface area contributed by atoms with E-state index in [9.17, 15) is 4.79 Å². The quantitative estimate of drug-likeness (QED) is 0.426. The van der Waals surface area contributed by atoms with Gasteiger partial charge in [-0.25, -0.2) is 0 Å². The third kappa shape index (κ3) is 9.40. The van der Waals surface area contributed by atoms with Gasteiger partial charge in [-0.1, -0.05) is 81.6 Å². The molecule has 0 spiro atoms. The van der Waals surface area contributed by atoms with Gasteiger partial charge in [-0.05, 0) is 67.9 Å². The molecule has 1 saturated heterocycles. The van der Waals surface area contributed by atoms with Crippen molar-refractivity contribution in [2.75, 3.05) is 6.54 Å². The molecule has 1 amide bonds. The molecule has 5 heteroatoms. The predicted molar refractivity (Wildman–Crippen MR) is 141 cm³/mol. The molecule has 0 aromatic heterocycles. The molecule has 33 heavy (non-hydrogen) atoms. The number of amides is 1. The van der Waals surface area contributed by atoms with E-state index in [4.69, 9.17) is 28.5 Å². The van der Waals surface area contributed by atoms with Crippen LogP contribution in [0.2, 0.25) is 10.0 Å². The smallest absolute Gasteiger partial charge is 0.223 e. The zero-order valence-corrected chi connectivity index (χ0v) is 22.4. The molecule has 0 N–H and O–H groups in total. The van der Waals surface area contributed by atoms with Crippen molar-refractivity contribution in [2.45, 2.75) is 73.3 Å². The zero-order chi connectivity index (χ0) is 25.0.